The predicted molar refractivity (Wildman–Crippen MR) is 65.7 cm³/mol. The Morgan fingerprint density at radius 3 is 2.53 bits per heavy atom. The number of sulfone groups is 2. The minimum atomic E-state index is -3.61. The molecule has 0 aromatic heterocycles. The van der Waals surface area contributed by atoms with Gasteiger partial charge < -0.3 is 5.73 Å². The van der Waals surface area contributed by atoms with Crippen molar-refractivity contribution in [1.82, 2.24) is 0 Å². The first-order valence-corrected chi connectivity index (χ1v) is 8.34. The Kier molecular flexibility index (Phi) is 2.55. The van der Waals surface area contributed by atoms with E-state index in [1.54, 1.807) is 12.1 Å². The molecular formula is C10H11NO4S2. The fourth-order valence-electron chi connectivity index (χ4n) is 1.83. The molecule has 2 rings (SSSR count). The van der Waals surface area contributed by atoms with Crippen molar-refractivity contribution in [3.8, 4) is 0 Å². The van der Waals surface area contributed by atoms with Gasteiger partial charge in [0.1, 0.15) is 4.90 Å². The third kappa shape index (κ3) is 2.20. The van der Waals surface area contributed by atoms with Crippen LogP contribution >= 0.6 is 0 Å². The lowest BCUT2D eigenvalue weighted by atomic mass is 10.1. The average Bonchev–Trinajstić information content (AvgIpc) is 2.36. The van der Waals surface area contributed by atoms with Crippen molar-refractivity contribution in [2.24, 2.45) is 0 Å². The van der Waals surface area contributed by atoms with E-state index in [0.29, 0.717) is 5.56 Å². The van der Waals surface area contributed by atoms with E-state index in [-0.39, 0.29) is 21.9 Å². The summed E-state index contributed by atoms with van der Waals surface area (Å²) >= 11 is 0. The smallest absolute Gasteiger partial charge is 0.202 e. The number of hydrogen-bond donors (Lipinski definition) is 1. The van der Waals surface area contributed by atoms with Crippen LogP contribution in [0, 0.1) is 0 Å². The van der Waals surface area contributed by atoms with Crippen molar-refractivity contribution < 1.29 is 16.8 Å². The summed E-state index contributed by atoms with van der Waals surface area (Å²) in [6.07, 6.45) is 1.06. The topological polar surface area (TPSA) is 94.3 Å². The van der Waals surface area contributed by atoms with Gasteiger partial charge in [0, 0.05) is 17.2 Å². The van der Waals surface area contributed by atoms with Gasteiger partial charge >= 0.3 is 0 Å². The third-order valence-electron chi connectivity index (χ3n) is 2.39. The molecule has 0 radical (unpaired) electrons. The van der Waals surface area contributed by atoms with E-state index in [1.165, 1.54) is 6.07 Å². The van der Waals surface area contributed by atoms with Crippen LogP contribution in [0.5, 0.6) is 0 Å². The SMILES string of the molecule is CS(=O)(=O)CC1=CS(=O)(=O)c2c(N)cccc21. The number of hydrogen-bond acceptors (Lipinski definition) is 5. The first kappa shape index (κ1) is 12.1. The van der Waals surface area contributed by atoms with Crippen LogP contribution in [0.15, 0.2) is 28.5 Å². The van der Waals surface area contributed by atoms with Crippen molar-refractivity contribution in [2.45, 2.75) is 4.90 Å². The number of anilines is 1. The second kappa shape index (κ2) is 3.58. The number of nitrogen functional groups attached to an aromatic ring is 1. The Morgan fingerprint density at radius 2 is 1.94 bits per heavy atom. The van der Waals surface area contributed by atoms with E-state index in [9.17, 15) is 16.8 Å². The minimum absolute atomic E-state index is 0.0126. The van der Waals surface area contributed by atoms with Crippen LogP contribution in [0.1, 0.15) is 5.56 Å². The summed E-state index contributed by atoms with van der Waals surface area (Å²) in [7, 11) is -6.90. The van der Waals surface area contributed by atoms with Crippen LogP contribution in [0.2, 0.25) is 0 Å². The average molecular weight is 273 g/mol. The van der Waals surface area contributed by atoms with Crippen LogP contribution in [0.4, 0.5) is 5.69 Å². The van der Waals surface area contributed by atoms with Gasteiger partial charge in [0.25, 0.3) is 0 Å². The Labute approximate surface area is 99.8 Å². The summed E-state index contributed by atoms with van der Waals surface area (Å²) in [5.74, 6) is -0.303. The maximum absolute atomic E-state index is 11.8. The van der Waals surface area contributed by atoms with Gasteiger partial charge in [0.15, 0.2) is 9.84 Å². The summed E-state index contributed by atoms with van der Waals surface area (Å²) in [6, 6.07) is 4.64. The molecule has 1 aromatic rings. The summed E-state index contributed by atoms with van der Waals surface area (Å²) in [5.41, 5.74) is 6.41. The van der Waals surface area contributed by atoms with E-state index < -0.39 is 19.7 Å². The van der Waals surface area contributed by atoms with Gasteiger partial charge in [-0.05, 0) is 11.6 Å². The zero-order valence-corrected chi connectivity index (χ0v) is 10.7. The first-order valence-electron chi connectivity index (χ1n) is 4.73. The van der Waals surface area contributed by atoms with E-state index in [4.69, 9.17) is 5.73 Å². The molecule has 1 aliphatic heterocycles. The summed E-state index contributed by atoms with van der Waals surface area (Å²) in [6.45, 7) is 0. The Balaban J connectivity index is 2.67. The number of nitrogens with two attached hydrogens (primary N) is 1. The second-order valence-corrected chi connectivity index (χ2v) is 7.86. The van der Waals surface area contributed by atoms with E-state index in [2.05, 4.69) is 0 Å². The van der Waals surface area contributed by atoms with E-state index >= 15 is 0 Å². The highest BCUT2D eigenvalue weighted by molar-refractivity contribution is 7.95. The molecule has 17 heavy (non-hydrogen) atoms. The van der Waals surface area contributed by atoms with Crippen molar-refractivity contribution >= 4 is 30.9 Å². The lowest BCUT2D eigenvalue weighted by molar-refractivity contribution is 0.604. The van der Waals surface area contributed by atoms with Gasteiger partial charge in [0.2, 0.25) is 9.84 Å². The predicted octanol–water partition coefficient (Wildman–Crippen LogP) is 0.442. The first-order chi connectivity index (χ1) is 7.71. The molecule has 0 bridgehead atoms. The highest BCUT2D eigenvalue weighted by Gasteiger charge is 2.30. The van der Waals surface area contributed by atoms with Crippen LogP contribution in [0.3, 0.4) is 0 Å². The molecule has 92 valence electrons. The molecule has 0 aliphatic carbocycles. The van der Waals surface area contributed by atoms with E-state index in [0.717, 1.165) is 11.7 Å². The molecule has 0 fully saturated rings. The summed E-state index contributed by atoms with van der Waals surface area (Å²) < 4.78 is 46.1. The molecule has 0 unspecified atom stereocenters. The lowest BCUT2D eigenvalue weighted by Crippen LogP contribution is -2.04. The van der Waals surface area contributed by atoms with Gasteiger partial charge in [-0.25, -0.2) is 16.8 Å². The fraction of sp³-hybridized carbons (Fsp3) is 0.200. The number of benzene rings is 1. The van der Waals surface area contributed by atoms with Gasteiger partial charge in [-0.2, -0.15) is 0 Å². The van der Waals surface area contributed by atoms with Gasteiger partial charge in [-0.3, -0.25) is 0 Å². The molecule has 0 atom stereocenters. The Hall–Kier alpha value is -1.34. The second-order valence-electron chi connectivity index (χ2n) is 3.98. The monoisotopic (exact) mass is 273 g/mol. The largest absolute Gasteiger partial charge is 0.398 e. The fourth-order valence-corrected chi connectivity index (χ4v) is 4.34. The van der Waals surface area contributed by atoms with Gasteiger partial charge in [-0.1, -0.05) is 12.1 Å². The molecule has 0 amide bonds. The molecule has 1 heterocycles. The molecule has 0 spiro atoms. The molecule has 5 nitrogen and oxygen atoms in total. The van der Waals surface area contributed by atoms with Crippen molar-refractivity contribution in [3.63, 3.8) is 0 Å². The van der Waals surface area contributed by atoms with Crippen molar-refractivity contribution in [3.05, 3.63) is 29.2 Å². The normalized spacial score (nSPS) is 17.6. The Morgan fingerprint density at radius 1 is 1.29 bits per heavy atom. The molecular weight excluding hydrogens is 262 g/mol. The molecule has 1 aliphatic rings. The number of fused-ring (bicyclic) bond motifs is 1. The zero-order chi connectivity index (χ0) is 12.8. The Bertz CT molecular complexity index is 715. The molecule has 7 heteroatoms. The summed E-state index contributed by atoms with van der Waals surface area (Å²) in [5, 5.41) is 0.981. The zero-order valence-electron chi connectivity index (χ0n) is 9.04. The van der Waals surface area contributed by atoms with Crippen molar-refractivity contribution in [2.75, 3.05) is 17.7 Å². The van der Waals surface area contributed by atoms with Gasteiger partial charge in [0.05, 0.1) is 11.4 Å². The van der Waals surface area contributed by atoms with Crippen LogP contribution < -0.4 is 5.73 Å². The standard InChI is InChI=1S/C10H11NO4S2/c1-16(12,13)5-7-6-17(14,15)10-8(7)3-2-4-9(10)11/h2-4,6H,5,11H2,1H3. The van der Waals surface area contributed by atoms with Crippen LogP contribution in [0.25, 0.3) is 5.57 Å². The number of rotatable bonds is 2. The van der Waals surface area contributed by atoms with Crippen LogP contribution in [-0.4, -0.2) is 28.8 Å². The highest BCUT2D eigenvalue weighted by Crippen LogP contribution is 2.37. The maximum Gasteiger partial charge on any atom is 0.202 e. The minimum Gasteiger partial charge on any atom is -0.398 e. The molecule has 1 aromatic carbocycles. The third-order valence-corrected chi connectivity index (χ3v) is 4.85. The molecule has 2 N–H and O–H groups in total. The van der Waals surface area contributed by atoms with Gasteiger partial charge in [-0.15, -0.1) is 0 Å². The lowest BCUT2D eigenvalue weighted by Gasteiger charge is -2.05. The summed E-state index contributed by atoms with van der Waals surface area (Å²) in [4.78, 5) is 0.0126. The molecule has 0 saturated carbocycles. The molecule has 0 saturated heterocycles. The maximum atomic E-state index is 11.8. The van der Waals surface area contributed by atoms with E-state index in [1.807, 2.05) is 0 Å². The van der Waals surface area contributed by atoms with Crippen LogP contribution in [-0.2, 0) is 19.7 Å². The highest BCUT2D eigenvalue weighted by atomic mass is 32.2. The quantitative estimate of drug-likeness (QED) is 0.789. The van der Waals surface area contributed by atoms with Crippen molar-refractivity contribution in [1.29, 1.82) is 0 Å².